The zero-order valence-electron chi connectivity index (χ0n) is 20.1. The van der Waals surface area contributed by atoms with Gasteiger partial charge < -0.3 is 19.5 Å². The van der Waals surface area contributed by atoms with E-state index in [1.54, 1.807) is 20.8 Å². The Hall–Kier alpha value is -2.23. The van der Waals surface area contributed by atoms with E-state index < -0.39 is 35.5 Å². The molecule has 2 aliphatic heterocycles. The van der Waals surface area contributed by atoms with Gasteiger partial charge in [-0.25, -0.2) is 13.6 Å². The Morgan fingerprint density at radius 2 is 1.91 bits per heavy atom. The molecule has 0 radical (unpaired) electrons. The summed E-state index contributed by atoms with van der Waals surface area (Å²) in [6.07, 6.45) is -0.0473. The molecule has 1 N–H and O–H groups in total. The maximum atomic E-state index is 14.6. The molecule has 4 atom stereocenters. The van der Waals surface area contributed by atoms with E-state index in [1.807, 2.05) is 24.3 Å². The highest BCUT2D eigenvalue weighted by molar-refractivity contribution is 9.10. The van der Waals surface area contributed by atoms with Gasteiger partial charge in [-0.3, -0.25) is 4.90 Å². The minimum absolute atomic E-state index is 0.0127. The third-order valence-electron chi connectivity index (χ3n) is 6.14. The molecule has 0 unspecified atom stereocenters. The van der Waals surface area contributed by atoms with E-state index in [0.717, 1.165) is 41.4 Å². The number of hydrogen-bond donors (Lipinski definition) is 1. The van der Waals surface area contributed by atoms with Crippen LogP contribution in [0.1, 0.15) is 45.3 Å². The van der Waals surface area contributed by atoms with E-state index >= 15 is 0 Å². The predicted molar refractivity (Wildman–Crippen MR) is 131 cm³/mol. The molecule has 0 spiro atoms. The first-order valence-corrected chi connectivity index (χ1v) is 12.6. The zero-order chi connectivity index (χ0) is 25.2. The maximum Gasteiger partial charge on any atom is 0.407 e. The predicted octanol–water partition coefficient (Wildman–Crippen LogP) is 5.60. The van der Waals surface area contributed by atoms with E-state index in [0.29, 0.717) is 19.6 Å². The summed E-state index contributed by atoms with van der Waals surface area (Å²) in [6, 6.07) is 10.4. The fourth-order valence-electron chi connectivity index (χ4n) is 4.59. The molecule has 0 aromatic heterocycles. The molecule has 2 saturated heterocycles. The molecule has 2 aromatic carbocycles. The van der Waals surface area contributed by atoms with Gasteiger partial charge in [-0.05, 0) is 76.1 Å². The van der Waals surface area contributed by atoms with Crippen LogP contribution in [0.5, 0.6) is 5.75 Å². The van der Waals surface area contributed by atoms with Gasteiger partial charge in [0.25, 0.3) is 0 Å². The highest BCUT2D eigenvalue weighted by Gasteiger charge is 2.40. The van der Waals surface area contributed by atoms with Crippen LogP contribution in [0.3, 0.4) is 0 Å². The van der Waals surface area contributed by atoms with Crippen LogP contribution in [0.25, 0.3) is 0 Å². The summed E-state index contributed by atoms with van der Waals surface area (Å²) < 4.78 is 47.1. The Morgan fingerprint density at radius 3 is 2.63 bits per heavy atom. The highest BCUT2D eigenvalue weighted by atomic mass is 79.9. The van der Waals surface area contributed by atoms with Crippen molar-refractivity contribution in [2.24, 2.45) is 0 Å². The Bertz CT molecular complexity index is 1030. The second kappa shape index (κ2) is 10.8. The van der Waals surface area contributed by atoms with Crippen LogP contribution in [-0.2, 0) is 9.47 Å². The number of hydrogen-bond acceptors (Lipinski definition) is 5. The third-order valence-corrected chi connectivity index (χ3v) is 6.66. The normalized spacial score (nSPS) is 25.3. The first-order chi connectivity index (χ1) is 16.6. The topological polar surface area (TPSA) is 60.0 Å². The molecule has 2 aromatic rings. The fraction of sp³-hybridized carbons (Fsp3) is 0.500. The molecular weight excluding hydrogens is 522 g/mol. The number of benzene rings is 2. The summed E-state index contributed by atoms with van der Waals surface area (Å²) in [7, 11) is 0. The number of halogens is 3. The molecule has 190 valence electrons. The molecule has 0 saturated carbocycles. The molecule has 35 heavy (non-hydrogen) atoms. The quantitative estimate of drug-likeness (QED) is 0.522. The lowest BCUT2D eigenvalue weighted by Crippen LogP contribution is -2.52. The lowest BCUT2D eigenvalue weighted by atomic mass is 9.92. The van der Waals surface area contributed by atoms with Crippen molar-refractivity contribution in [3.8, 4) is 5.75 Å². The average Bonchev–Trinajstić information content (AvgIpc) is 3.24. The first-order valence-electron chi connectivity index (χ1n) is 11.8. The van der Waals surface area contributed by atoms with E-state index in [2.05, 4.69) is 26.1 Å². The van der Waals surface area contributed by atoms with Crippen molar-refractivity contribution in [3.63, 3.8) is 0 Å². The average molecular weight is 553 g/mol. The molecular formula is C26H31BrF2N2O4. The van der Waals surface area contributed by atoms with Crippen molar-refractivity contribution in [2.75, 3.05) is 19.7 Å². The van der Waals surface area contributed by atoms with Gasteiger partial charge in [-0.15, -0.1) is 0 Å². The molecule has 2 aliphatic rings. The zero-order valence-corrected chi connectivity index (χ0v) is 21.7. The van der Waals surface area contributed by atoms with Crippen molar-refractivity contribution in [3.05, 3.63) is 64.1 Å². The van der Waals surface area contributed by atoms with Gasteiger partial charge in [0.1, 0.15) is 35.2 Å². The Kier molecular flexibility index (Phi) is 7.98. The van der Waals surface area contributed by atoms with Crippen LogP contribution in [0, 0.1) is 11.6 Å². The molecule has 1 amide bonds. The number of carbonyl (C=O) groups excluding carboxylic acids is 1. The summed E-state index contributed by atoms with van der Waals surface area (Å²) in [5.41, 5.74) is -0.604. The van der Waals surface area contributed by atoms with Crippen LogP contribution in [0.4, 0.5) is 13.6 Å². The molecule has 0 aliphatic carbocycles. The smallest absolute Gasteiger partial charge is 0.407 e. The van der Waals surface area contributed by atoms with E-state index in [4.69, 9.17) is 14.2 Å². The Labute approximate surface area is 213 Å². The van der Waals surface area contributed by atoms with Gasteiger partial charge in [-0.1, -0.05) is 15.9 Å². The fourth-order valence-corrected chi connectivity index (χ4v) is 4.85. The molecule has 4 rings (SSSR count). The van der Waals surface area contributed by atoms with Crippen molar-refractivity contribution < 1.29 is 27.8 Å². The summed E-state index contributed by atoms with van der Waals surface area (Å²) in [4.78, 5) is 14.8. The van der Waals surface area contributed by atoms with Crippen molar-refractivity contribution in [1.29, 1.82) is 0 Å². The second-order valence-corrected chi connectivity index (χ2v) is 11.0. The summed E-state index contributed by atoms with van der Waals surface area (Å²) >= 11 is 3.43. The Balaban J connectivity index is 1.45. The van der Waals surface area contributed by atoms with Crippen molar-refractivity contribution in [1.82, 2.24) is 10.2 Å². The minimum atomic E-state index is -0.827. The molecule has 6 nitrogen and oxygen atoms in total. The number of ether oxygens (including phenoxy) is 3. The number of amides is 1. The van der Waals surface area contributed by atoms with Crippen LogP contribution < -0.4 is 10.1 Å². The second-order valence-electron chi connectivity index (χ2n) is 10.0. The minimum Gasteiger partial charge on any atom is -0.489 e. The summed E-state index contributed by atoms with van der Waals surface area (Å²) in [5, 5.41) is 2.84. The molecule has 0 bridgehead atoms. The number of rotatable bonds is 5. The van der Waals surface area contributed by atoms with Gasteiger partial charge in [0, 0.05) is 29.2 Å². The van der Waals surface area contributed by atoms with Crippen LogP contribution in [-0.4, -0.2) is 54.5 Å². The van der Waals surface area contributed by atoms with E-state index in [1.165, 1.54) is 0 Å². The van der Waals surface area contributed by atoms with Gasteiger partial charge in [0.05, 0.1) is 12.6 Å². The van der Waals surface area contributed by atoms with Crippen molar-refractivity contribution in [2.45, 2.75) is 63.5 Å². The number of carbonyl (C=O) groups is 1. The SMILES string of the molecule is CC(C)(C)OC(=O)N[C@H]1C[C@@H](N2CC[C@@H](Oc3ccc(Br)cc3)C2)CO[C@@H]1c1cc(F)ccc1F. The van der Waals surface area contributed by atoms with Crippen molar-refractivity contribution >= 4 is 22.0 Å². The van der Waals surface area contributed by atoms with Gasteiger partial charge in [0.15, 0.2) is 0 Å². The summed E-state index contributed by atoms with van der Waals surface area (Å²) in [6.45, 7) is 7.17. The van der Waals surface area contributed by atoms with Crippen LogP contribution >= 0.6 is 15.9 Å². The standard InChI is InChI=1S/C26H31BrF2N2O4/c1-26(2,3)35-25(32)30-23-13-18(15-33-24(23)21-12-17(28)6-9-22(21)29)31-11-10-20(14-31)34-19-7-4-16(27)5-8-19/h4-9,12,18,20,23-24H,10-11,13-15H2,1-3H3,(H,30,32)/t18-,20-,23+,24-/m1/s1. The number of alkyl carbamates (subject to hydrolysis) is 1. The Morgan fingerprint density at radius 1 is 1.17 bits per heavy atom. The third kappa shape index (κ3) is 6.92. The van der Waals surface area contributed by atoms with E-state index in [-0.39, 0.29) is 17.7 Å². The van der Waals surface area contributed by atoms with Gasteiger partial charge in [0.2, 0.25) is 0 Å². The monoisotopic (exact) mass is 552 g/mol. The molecule has 2 fully saturated rings. The van der Waals surface area contributed by atoms with Gasteiger partial charge in [-0.2, -0.15) is 0 Å². The number of likely N-dealkylation sites (tertiary alicyclic amines) is 1. The van der Waals surface area contributed by atoms with Crippen LogP contribution in [0.15, 0.2) is 46.9 Å². The molecule has 9 heteroatoms. The van der Waals surface area contributed by atoms with E-state index in [9.17, 15) is 13.6 Å². The number of nitrogens with zero attached hydrogens (tertiary/aromatic N) is 1. The highest BCUT2D eigenvalue weighted by Crippen LogP contribution is 2.34. The lowest BCUT2D eigenvalue weighted by molar-refractivity contribution is -0.0584. The van der Waals surface area contributed by atoms with Gasteiger partial charge >= 0.3 is 6.09 Å². The lowest BCUT2D eigenvalue weighted by Gasteiger charge is -2.40. The summed E-state index contributed by atoms with van der Waals surface area (Å²) in [5.74, 6) is -0.323. The largest absolute Gasteiger partial charge is 0.489 e. The number of nitrogens with one attached hydrogen (secondary N) is 1. The first kappa shape index (κ1) is 25.9. The maximum absolute atomic E-state index is 14.6. The van der Waals surface area contributed by atoms with Crippen LogP contribution in [0.2, 0.25) is 0 Å². The molecule has 2 heterocycles.